The summed E-state index contributed by atoms with van der Waals surface area (Å²) in [6.07, 6.45) is 1.59. The largest absolute Gasteiger partial charge is 0.461 e. The van der Waals surface area contributed by atoms with Gasteiger partial charge in [0.25, 0.3) is 5.91 Å². The second kappa shape index (κ2) is 10.6. The van der Waals surface area contributed by atoms with Gasteiger partial charge in [-0.1, -0.05) is 23.9 Å². The molecule has 8 nitrogen and oxygen atoms in total. The summed E-state index contributed by atoms with van der Waals surface area (Å²) in [5, 5.41) is 9.27. The van der Waals surface area contributed by atoms with Crippen LogP contribution in [0.5, 0.6) is 0 Å². The molecule has 1 fully saturated rings. The number of thioether (sulfide) groups is 1. The molecule has 10 heteroatoms. The van der Waals surface area contributed by atoms with E-state index in [0.29, 0.717) is 41.9 Å². The smallest absolute Gasteiger partial charge is 0.254 e. The first-order chi connectivity index (χ1) is 17.9. The number of furan rings is 1. The molecule has 0 radical (unpaired) electrons. The Labute approximate surface area is 218 Å². The minimum Gasteiger partial charge on any atom is -0.461 e. The summed E-state index contributed by atoms with van der Waals surface area (Å²) >= 11 is 1.31. The maximum absolute atomic E-state index is 13.2. The highest BCUT2D eigenvalue weighted by atomic mass is 32.2. The van der Waals surface area contributed by atoms with Gasteiger partial charge in [0.1, 0.15) is 5.82 Å². The summed E-state index contributed by atoms with van der Waals surface area (Å²) in [6.45, 7) is 5.19. The number of aryl methyl sites for hydroxylation is 1. The number of hydrogen-bond donors (Lipinski definition) is 0. The van der Waals surface area contributed by atoms with E-state index in [1.165, 1.54) is 36.0 Å². The van der Waals surface area contributed by atoms with Crippen LogP contribution >= 0.6 is 11.8 Å². The van der Waals surface area contributed by atoms with Crippen molar-refractivity contribution in [3.8, 4) is 17.3 Å². The summed E-state index contributed by atoms with van der Waals surface area (Å²) < 4.78 is 20.7. The molecular weight excluding hydrogens is 493 g/mol. The van der Waals surface area contributed by atoms with Crippen LogP contribution in [-0.2, 0) is 4.79 Å². The quantitative estimate of drug-likeness (QED) is 0.350. The summed E-state index contributed by atoms with van der Waals surface area (Å²) in [6, 6.07) is 17.0. The van der Waals surface area contributed by atoms with Crippen molar-refractivity contribution in [1.82, 2.24) is 24.6 Å². The van der Waals surface area contributed by atoms with Crippen LogP contribution in [0.1, 0.15) is 22.8 Å². The van der Waals surface area contributed by atoms with Crippen LogP contribution in [0.4, 0.5) is 4.39 Å². The lowest BCUT2D eigenvalue weighted by Crippen LogP contribution is -2.55. The van der Waals surface area contributed by atoms with E-state index in [9.17, 15) is 14.0 Å². The Balaban J connectivity index is 1.27. The zero-order chi connectivity index (χ0) is 25.9. The number of rotatable bonds is 6. The summed E-state index contributed by atoms with van der Waals surface area (Å²) in [4.78, 5) is 29.5. The molecule has 0 saturated carbocycles. The van der Waals surface area contributed by atoms with Crippen molar-refractivity contribution in [2.45, 2.75) is 25.0 Å². The number of aromatic nitrogens is 3. The molecule has 1 atom stereocenters. The molecule has 1 saturated heterocycles. The molecule has 1 aliphatic rings. The number of piperazine rings is 1. The van der Waals surface area contributed by atoms with Crippen molar-refractivity contribution >= 4 is 23.6 Å². The Morgan fingerprint density at radius 2 is 1.89 bits per heavy atom. The lowest BCUT2D eigenvalue weighted by atomic mass is 10.1. The fourth-order valence-electron chi connectivity index (χ4n) is 4.39. The minimum absolute atomic E-state index is 0.0379. The molecule has 1 aliphatic heterocycles. The Hall–Kier alpha value is -3.92. The number of carbonyl (C=O) groups excluding carboxylic acids is 2. The van der Waals surface area contributed by atoms with E-state index in [2.05, 4.69) is 10.2 Å². The second-order valence-corrected chi connectivity index (χ2v) is 9.88. The predicted molar refractivity (Wildman–Crippen MR) is 138 cm³/mol. The molecule has 37 heavy (non-hydrogen) atoms. The molecular formula is C27H26FN5O3S. The number of amides is 2. The van der Waals surface area contributed by atoms with Gasteiger partial charge in [-0.3, -0.25) is 14.2 Å². The van der Waals surface area contributed by atoms with Crippen LogP contribution in [0.15, 0.2) is 76.5 Å². The molecule has 4 aromatic rings. The Morgan fingerprint density at radius 1 is 1.08 bits per heavy atom. The van der Waals surface area contributed by atoms with Gasteiger partial charge in [-0.2, -0.15) is 0 Å². The van der Waals surface area contributed by atoms with E-state index in [0.717, 1.165) is 11.3 Å². The van der Waals surface area contributed by atoms with E-state index < -0.39 is 0 Å². The zero-order valence-corrected chi connectivity index (χ0v) is 21.3. The van der Waals surface area contributed by atoms with Crippen LogP contribution in [0.25, 0.3) is 17.3 Å². The van der Waals surface area contributed by atoms with Crippen molar-refractivity contribution < 1.29 is 18.4 Å². The first-order valence-corrected chi connectivity index (χ1v) is 12.9. The third-order valence-electron chi connectivity index (χ3n) is 6.29. The second-order valence-electron chi connectivity index (χ2n) is 8.94. The number of hydrogen-bond acceptors (Lipinski definition) is 6. The van der Waals surface area contributed by atoms with E-state index >= 15 is 0 Å². The highest BCUT2D eigenvalue weighted by Gasteiger charge is 2.30. The first-order valence-electron chi connectivity index (χ1n) is 11.9. The SMILES string of the molecule is Cc1cccc(-n2c(SCC(=O)N3CCN(C(=O)c4ccc(F)cc4)C(C)C3)nnc2-c2ccco2)c1. The molecule has 0 bridgehead atoms. The molecule has 0 spiro atoms. The third-order valence-corrected chi connectivity index (χ3v) is 7.21. The average molecular weight is 520 g/mol. The van der Waals surface area contributed by atoms with Crippen LogP contribution < -0.4 is 0 Å². The van der Waals surface area contributed by atoms with Gasteiger partial charge in [-0.25, -0.2) is 4.39 Å². The van der Waals surface area contributed by atoms with Gasteiger partial charge in [0.15, 0.2) is 10.9 Å². The normalized spacial score (nSPS) is 15.7. The Bertz CT molecular complexity index is 1400. The molecule has 3 heterocycles. The highest BCUT2D eigenvalue weighted by molar-refractivity contribution is 7.99. The maximum Gasteiger partial charge on any atom is 0.254 e. The van der Waals surface area contributed by atoms with E-state index in [-0.39, 0.29) is 29.4 Å². The Kier molecular flexibility index (Phi) is 7.09. The number of nitrogens with zero attached hydrogens (tertiary/aromatic N) is 5. The topological polar surface area (TPSA) is 84.5 Å². The molecule has 190 valence electrons. The van der Waals surface area contributed by atoms with Crippen molar-refractivity contribution in [2.75, 3.05) is 25.4 Å². The number of benzene rings is 2. The third kappa shape index (κ3) is 5.29. The molecule has 0 N–H and O–H groups in total. The summed E-state index contributed by atoms with van der Waals surface area (Å²) in [5.41, 5.74) is 2.41. The van der Waals surface area contributed by atoms with Crippen LogP contribution in [-0.4, -0.2) is 67.8 Å². The summed E-state index contributed by atoms with van der Waals surface area (Å²) in [5.74, 6) is 0.748. The molecule has 0 aliphatic carbocycles. The highest BCUT2D eigenvalue weighted by Crippen LogP contribution is 2.29. The molecule has 2 aromatic heterocycles. The van der Waals surface area contributed by atoms with E-state index in [1.807, 2.05) is 48.7 Å². The van der Waals surface area contributed by atoms with Gasteiger partial charge in [-0.05, 0) is 67.9 Å². The van der Waals surface area contributed by atoms with Crippen molar-refractivity contribution in [1.29, 1.82) is 0 Å². The lowest BCUT2D eigenvalue weighted by molar-refractivity contribution is -0.130. The van der Waals surface area contributed by atoms with Crippen LogP contribution in [0.2, 0.25) is 0 Å². The van der Waals surface area contributed by atoms with Crippen LogP contribution in [0.3, 0.4) is 0 Å². The number of carbonyl (C=O) groups is 2. The molecule has 2 amide bonds. The van der Waals surface area contributed by atoms with E-state index in [4.69, 9.17) is 4.42 Å². The minimum atomic E-state index is -0.382. The van der Waals surface area contributed by atoms with Gasteiger partial charge in [0.2, 0.25) is 11.7 Å². The zero-order valence-electron chi connectivity index (χ0n) is 20.5. The van der Waals surface area contributed by atoms with Crippen LogP contribution in [0, 0.1) is 12.7 Å². The maximum atomic E-state index is 13.2. The lowest BCUT2D eigenvalue weighted by Gasteiger charge is -2.40. The van der Waals surface area contributed by atoms with Crippen molar-refractivity contribution in [3.05, 3.63) is 83.9 Å². The van der Waals surface area contributed by atoms with Gasteiger partial charge in [-0.15, -0.1) is 10.2 Å². The fourth-order valence-corrected chi connectivity index (χ4v) is 5.25. The molecule has 1 unspecified atom stereocenters. The van der Waals surface area contributed by atoms with Gasteiger partial charge < -0.3 is 14.2 Å². The number of halogens is 1. The molecule has 2 aromatic carbocycles. The fraction of sp³-hybridized carbons (Fsp3) is 0.259. The van der Waals surface area contributed by atoms with Crippen molar-refractivity contribution in [2.24, 2.45) is 0 Å². The van der Waals surface area contributed by atoms with E-state index in [1.54, 1.807) is 22.1 Å². The Morgan fingerprint density at radius 3 is 2.59 bits per heavy atom. The average Bonchev–Trinajstić information content (AvgIpc) is 3.57. The standard InChI is InChI=1S/C27H26FN5O3S/c1-18-5-3-6-22(15-18)33-25(23-7-4-14-36-23)29-30-27(33)37-17-24(34)31-12-13-32(19(2)16-31)26(35)20-8-10-21(28)11-9-20/h3-11,14-15,19H,12-13,16-17H2,1-2H3. The van der Waals surface area contributed by atoms with Crippen molar-refractivity contribution in [3.63, 3.8) is 0 Å². The van der Waals surface area contributed by atoms with Gasteiger partial charge in [0, 0.05) is 31.2 Å². The summed E-state index contributed by atoms with van der Waals surface area (Å²) in [7, 11) is 0. The van der Waals surface area contributed by atoms with Gasteiger partial charge >= 0.3 is 0 Å². The predicted octanol–water partition coefficient (Wildman–Crippen LogP) is 4.44. The monoisotopic (exact) mass is 519 g/mol. The first kappa shape index (κ1) is 24.8. The van der Waals surface area contributed by atoms with Gasteiger partial charge in [0.05, 0.1) is 17.7 Å². The molecule has 5 rings (SSSR count).